The molecule has 64 heavy (non-hydrogen) atoms. The molecule has 4 heteroatoms. The van der Waals surface area contributed by atoms with E-state index in [2.05, 4.69) is 215 Å². The van der Waals surface area contributed by atoms with Crippen LogP contribution < -0.4 is 0 Å². The molecule has 12 aromatic rings. The van der Waals surface area contributed by atoms with Crippen LogP contribution in [0.5, 0.6) is 0 Å². The summed E-state index contributed by atoms with van der Waals surface area (Å²) in [6, 6.07) is 82.3. The van der Waals surface area contributed by atoms with Crippen LogP contribution in [0.2, 0.25) is 0 Å². The van der Waals surface area contributed by atoms with E-state index in [0.29, 0.717) is 5.82 Å². The van der Waals surface area contributed by atoms with Crippen LogP contribution in [0.15, 0.2) is 231 Å². The number of hydrogen-bond acceptors (Lipinski definition) is 2. The summed E-state index contributed by atoms with van der Waals surface area (Å²) in [5, 5.41) is 4.93. The van der Waals surface area contributed by atoms with Gasteiger partial charge in [0.25, 0.3) is 0 Å². The molecular formula is C60H44N4. The smallest absolute Gasteiger partial charge is 0.160 e. The van der Waals surface area contributed by atoms with Crippen molar-refractivity contribution in [2.24, 2.45) is 0 Å². The normalized spacial score (nSPS) is 11.3. The third-order valence-electron chi connectivity index (χ3n) is 12.1. The Morgan fingerprint density at radius 1 is 0.266 bits per heavy atom. The van der Waals surface area contributed by atoms with Gasteiger partial charge in [0.15, 0.2) is 5.82 Å². The van der Waals surface area contributed by atoms with Crippen LogP contribution in [0.4, 0.5) is 0 Å². The standard InChI is InChI=1S/C58H38N4.C2H6/c1-4-16-39(17-5-1)52-38-53(60-58(59-52)40-18-6-2-7-19-40)45-22-14-20-41(34-45)43-30-32-56-50(36-43)51-37-44(31-33-57(51)61(56)46-23-8-3-9-24-46)42-21-15-25-47(35-42)62-54-28-12-10-26-48(54)49-27-11-13-29-55(49)62;1-2/h1-38H;1-2H3. The zero-order valence-electron chi connectivity index (χ0n) is 35.7. The predicted molar refractivity (Wildman–Crippen MR) is 269 cm³/mol. The van der Waals surface area contributed by atoms with E-state index in [4.69, 9.17) is 9.97 Å². The number of fused-ring (bicyclic) bond motifs is 6. The van der Waals surface area contributed by atoms with E-state index < -0.39 is 0 Å². The van der Waals surface area contributed by atoms with Gasteiger partial charge in [0, 0.05) is 49.6 Å². The molecule has 3 heterocycles. The number of para-hydroxylation sites is 3. The molecule has 0 unspecified atom stereocenters. The Balaban J connectivity index is 0.00000225. The minimum absolute atomic E-state index is 0.707. The van der Waals surface area contributed by atoms with E-state index in [1.807, 2.05) is 38.1 Å². The molecule has 3 aromatic heterocycles. The highest BCUT2D eigenvalue weighted by Gasteiger charge is 2.17. The number of aromatic nitrogens is 4. The van der Waals surface area contributed by atoms with E-state index in [-0.39, 0.29) is 0 Å². The monoisotopic (exact) mass is 820 g/mol. The molecule has 0 atom stereocenters. The van der Waals surface area contributed by atoms with Crippen molar-refractivity contribution in [2.75, 3.05) is 0 Å². The van der Waals surface area contributed by atoms with Gasteiger partial charge in [-0.2, -0.15) is 0 Å². The van der Waals surface area contributed by atoms with Crippen LogP contribution in [-0.2, 0) is 0 Å². The summed E-state index contributed by atoms with van der Waals surface area (Å²) >= 11 is 0. The van der Waals surface area contributed by atoms with Crippen LogP contribution in [0.3, 0.4) is 0 Å². The van der Waals surface area contributed by atoms with Gasteiger partial charge in [0.1, 0.15) is 0 Å². The second-order valence-corrected chi connectivity index (χ2v) is 15.8. The maximum Gasteiger partial charge on any atom is 0.160 e. The first-order valence-electron chi connectivity index (χ1n) is 22.1. The number of hydrogen-bond donors (Lipinski definition) is 0. The Morgan fingerprint density at radius 2 is 0.672 bits per heavy atom. The van der Waals surface area contributed by atoms with E-state index in [1.165, 1.54) is 49.2 Å². The lowest BCUT2D eigenvalue weighted by molar-refractivity contribution is 1.18. The quantitative estimate of drug-likeness (QED) is 0.161. The topological polar surface area (TPSA) is 35.6 Å². The zero-order chi connectivity index (χ0) is 43.0. The molecule has 12 rings (SSSR count). The van der Waals surface area contributed by atoms with Gasteiger partial charge in [-0.3, -0.25) is 0 Å². The fraction of sp³-hybridized carbons (Fsp3) is 0.0333. The van der Waals surface area contributed by atoms with Gasteiger partial charge in [-0.05, 0) is 95.1 Å². The molecule has 0 aliphatic rings. The minimum atomic E-state index is 0.707. The van der Waals surface area contributed by atoms with E-state index in [9.17, 15) is 0 Å². The van der Waals surface area contributed by atoms with Crippen molar-refractivity contribution in [3.8, 4) is 67.5 Å². The van der Waals surface area contributed by atoms with Gasteiger partial charge in [-0.25, -0.2) is 9.97 Å². The zero-order valence-corrected chi connectivity index (χ0v) is 35.7. The van der Waals surface area contributed by atoms with Crippen LogP contribution in [0.1, 0.15) is 13.8 Å². The van der Waals surface area contributed by atoms with Crippen molar-refractivity contribution in [3.63, 3.8) is 0 Å². The average Bonchev–Trinajstić information content (AvgIpc) is 3.90. The Hall–Kier alpha value is -8.34. The van der Waals surface area contributed by atoms with Gasteiger partial charge >= 0.3 is 0 Å². The third kappa shape index (κ3) is 6.82. The summed E-state index contributed by atoms with van der Waals surface area (Å²) in [6.45, 7) is 4.00. The number of nitrogens with zero attached hydrogens (tertiary/aromatic N) is 4. The average molecular weight is 821 g/mol. The Labute approximate surface area is 373 Å². The summed E-state index contributed by atoms with van der Waals surface area (Å²) in [7, 11) is 0. The molecular weight excluding hydrogens is 777 g/mol. The number of benzene rings is 9. The molecule has 0 fully saturated rings. The lowest BCUT2D eigenvalue weighted by atomic mass is 9.98. The molecule has 0 saturated heterocycles. The van der Waals surface area contributed by atoms with Gasteiger partial charge < -0.3 is 9.13 Å². The first kappa shape index (κ1) is 38.6. The first-order valence-corrected chi connectivity index (χ1v) is 22.1. The van der Waals surface area contributed by atoms with Crippen molar-refractivity contribution in [1.29, 1.82) is 0 Å². The molecule has 0 saturated carbocycles. The van der Waals surface area contributed by atoms with Crippen LogP contribution >= 0.6 is 0 Å². The molecule has 0 aliphatic carbocycles. The van der Waals surface area contributed by atoms with E-state index in [0.717, 1.165) is 56.1 Å². The fourth-order valence-electron chi connectivity index (χ4n) is 9.19. The highest BCUT2D eigenvalue weighted by molar-refractivity contribution is 6.12. The molecule has 304 valence electrons. The lowest BCUT2D eigenvalue weighted by Gasteiger charge is -2.11. The summed E-state index contributed by atoms with van der Waals surface area (Å²) in [6.07, 6.45) is 0. The largest absolute Gasteiger partial charge is 0.309 e. The molecule has 0 amide bonds. The molecule has 0 N–H and O–H groups in total. The predicted octanol–water partition coefficient (Wildman–Crippen LogP) is 16.0. The highest BCUT2D eigenvalue weighted by atomic mass is 15.0. The Kier molecular flexibility index (Phi) is 9.95. The summed E-state index contributed by atoms with van der Waals surface area (Å²) < 4.78 is 4.78. The molecule has 0 spiro atoms. The summed E-state index contributed by atoms with van der Waals surface area (Å²) in [5.74, 6) is 0.707. The molecule has 0 radical (unpaired) electrons. The van der Waals surface area contributed by atoms with Gasteiger partial charge in [-0.15, -0.1) is 0 Å². The van der Waals surface area contributed by atoms with E-state index in [1.54, 1.807) is 0 Å². The minimum Gasteiger partial charge on any atom is -0.309 e. The maximum absolute atomic E-state index is 5.14. The summed E-state index contributed by atoms with van der Waals surface area (Å²) in [5.41, 5.74) is 16.5. The van der Waals surface area contributed by atoms with Crippen LogP contribution in [0, 0.1) is 0 Å². The SMILES string of the molecule is CC.c1ccc(-c2cc(-c3cccc(-c4ccc5c(c4)c4cc(-c6cccc(-n7c8ccccc8c8ccccc87)c6)ccc4n5-c4ccccc4)c3)nc(-c3ccccc3)n2)cc1. The first-order chi connectivity index (χ1) is 31.7. The van der Waals surface area contributed by atoms with Crippen LogP contribution in [0.25, 0.3) is 111 Å². The third-order valence-corrected chi connectivity index (χ3v) is 12.1. The molecule has 0 aliphatic heterocycles. The van der Waals surface area contributed by atoms with Gasteiger partial charge in [-0.1, -0.05) is 172 Å². The number of rotatable bonds is 7. The Morgan fingerprint density at radius 3 is 1.28 bits per heavy atom. The van der Waals surface area contributed by atoms with Crippen molar-refractivity contribution in [2.45, 2.75) is 13.8 Å². The van der Waals surface area contributed by atoms with Gasteiger partial charge in [0.05, 0.1) is 33.5 Å². The van der Waals surface area contributed by atoms with Crippen LogP contribution in [-0.4, -0.2) is 19.1 Å². The molecule has 9 aromatic carbocycles. The highest BCUT2D eigenvalue weighted by Crippen LogP contribution is 2.39. The van der Waals surface area contributed by atoms with E-state index >= 15 is 0 Å². The Bertz CT molecular complexity index is 3510. The van der Waals surface area contributed by atoms with Gasteiger partial charge in [0.2, 0.25) is 0 Å². The second-order valence-electron chi connectivity index (χ2n) is 15.8. The van der Waals surface area contributed by atoms with Crippen molar-refractivity contribution >= 4 is 43.6 Å². The molecule has 4 nitrogen and oxygen atoms in total. The summed E-state index contributed by atoms with van der Waals surface area (Å²) in [4.78, 5) is 10.2. The lowest BCUT2D eigenvalue weighted by Crippen LogP contribution is -1.96. The second kappa shape index (κ2) is 16.5. The van der Waals surface area contributed by atoms with Crippen molar-refractivity contribution in [1.82, 2.24) is 19.1 Å². The fourth-order valence-corrected chi connectivity index (χ4v) is 9.19. The van der Waals surface area contributed by atoms with Crippen molar-refractivity contribution in [3.05, 3.63) is 231 Å². The molecule has 0 bridgehead atoms. The maximum atomic E-state index is 5.14. The van der Waals surface area contributed by atoms with Crippen molar-refractivity contribution < 1.29 is 0 Å².